The summed E-state index contributed by atoms with van der Waals surface area (Å²) in [6, 6.07) is 9.26. The predicted octanol–water partition coefficient (Wildman–Crippen LogP) is 3.14. The highest BCUT2D eigenvalue weighted by atomic mass is 28.3. The molecule has 0 aliphatic carbocycles. The number of hydrogen-bond donors (Lipinski definition) is 1. The Labute approximate surface area is 135 Å². The second-order valence-electron chi connectivity index (χ2n) is 6.65. The zero-order chi connectivity index (χ0) is 16.8. The normalized spacial score (nSPS) is 14.7. The topological polar surface area (TPSA) is 47.6 Å². The number of carbonyl (C=O) groups is 1. The minimum atomic E-state index is -0.790. The number of carbonyl (C=O) groups excluding carboxylic acids is 1. The molecule has 0 bridgehead atoms. The number of esters is 1. The molecule has 1 N–H and O–H groups in total. The molecular weight excluding hydrogens is 294 g/mol. The van der Waals surface area contributed by atoms with Crippen molar-refractivity contribution >= 4 is 14.9 Å². The number of benzene rings is 1. The first-order chi connectivity index (χ1) is 10.2. The lowest BCUT2D eigenvalue weighted by Gasteiger charge is -2.31. The summed E-state index contributed by atoms with van der Waals surface area (Å²) in [5, 5.41) is 0. The highest BCUT2D eigenvalue weighted by Gasteiger charge is 2.30. The van der Waals surface area contributed by atoms with E-state index in [0.717, 1.165) is 5.56 Å². The first kappa shape index (κ1) is 18.9. The van der Waals surface area contributed by atoms with Crippen LogP contribution >= 0.6 is 0 Å². The third-order valence-corrected chi connectivity index (χ3v) is 3.82. The van der Waals surface area contributed by atoms with E-state index in [0.29, 0.717) is 0 Å². The Bertz CT molecular complexity index is 457. The molecule has 0 aliphatic rings. The van der Waals surface area contributed by atoms with Crippen molar-refractivity contribution < 1.29 is 14.3 Å². The summed E-state index contributed by atoms with van der Waals surface area (Å²) in [6.45, 7) is 12.4. The first-order valence-corrected chi connectivity index (χ1v) is 10.1. The van der Waals surface area contributed by atoms with E-state index in [4.69, 9.17) is 9.47 Å². The standard InChI is InChI=1S/C17H28NO3Si/c1-13(21-17(2,3)4)15(18-22(5)6)16(19)20-12-14-10-8-7-9-11-14/h7-11,13,15,18H,12H2,1-6H3/t13-,15+/m0/s1. The molecule has 0 unspecified atom stereocenters. The lowest BCUT2D eigenvalue weighted by atomic mass is 10.1. The third kappa shape index (κ3) is 7.20. The van der Waals surface area contributed by atoms with Crippen molar-refractivity contribution in [3.8, 4) is 0 Å². The van der Waals surface area contributed by atoms with Crippen molar-refractivity contribution in [3.05, 3.63) is 35.9 Å². The van der Waals surface area contributed by atoms with Crippen molar-refractivity contribution in [3.63, 3.8) is 0 Å². The summed E-state index contributed by atoms with van der Waals surface area (Å²) < 4.78 is 11.4. The second kappa shape index (κ2) is 8.46. The van der Waals surface area contributed by atoms with Crippen LogP contribution < -0.4 is 4.98 Å². The van der Waals surface area contributed by atoms with Gasteiger partial charge in [-0.3, -0.25) is 4.79 Å². The molecule has 0 aliphatic heterocycles. The molecule has 0 fully saturated rings. The highest BCUT2D eigenvalue weighted by Crippen LogP contribution is 2.14. The van der Waals surface area contributed by atoms with Gasteiger partial charge in [0.15, 0.2) is 0 Å². The van der Waals surface area contributed by atoms with Crippen LogP contribution in [0.3, 0.4) is 0 Å². The van der Waals surface area contributed by atoms with Gasteiger partial charge in [0.25, 0.3) is 0 Å². The van der Waals surface area contributed by atoms with E-state index < -0.39 is 15.0 Å². The number of ether oxygens (including phenoxy) is 2. The summed E-state index contributed by atoms with van der Waals surface area (Å²) in [4.78, 5) is 15.8. The molecule has 2 atom stereocenters. The monoisotopic (exact) mass is 322 g/mol. The molecule has 123 valence electrons. The van der Waals surface area contributed by atoms with Gasteiger partial charge in [-0.2, -0.15) is 0 Å². The predicted molar refractivity (Wildman–Crippen MR) is 90.9 cm³/mol. The van der Waals surface area contributed by atoms with Crippen molar-refractivity contribution in [1.29, 1.82) is 0 Å². The third-order valence-electron chi connectivity index (χ3n) is 2.93. The van der Waals surface area contributed by atoms with E-state index in [1.165, 1.54) is 0 Å². The molecule has 22 heavy (non-hydrogen) atoms. The van der Waals surface area contributed by atoms with Crippen LogP contribution in [0.15, 0.2) is 30.3 Å². The van der Waals surface area contributed by atoms with Crippen LogP contribution in [0.2, 0.25) is 13.1 Å². The molecule has 5 heteroatoms. The fourth-order valence-corrected chi connectivity index (χ4v) is 3.10. The smallest absolute Gasteiger partial charge is 0.325 e. The highest BCUT2D eigenvalue weighted by molar-refractivity contribution is 6.53. The van der Waals surface area contributed by atoms with Crippen LogP contribution in [0.25, 0.3) is 0 Å². The average Bonchev–Trinajstić information content (AvgIpc) is 2.41. The molecular formula is C17H28NO3Si. The van der Waals surface area contributed by atoms with Crippen LogP contribution in [0, 0.1) is 0 Å². The molecule has 1 aromatic carbocycles. The fraction of sp³-hybridized carbons (Fsp3) is 0.588. The van der Waals surface area contributed by atoms with Crippen molar-refractivity contribution in [2.45, 2.75) is 65.1 Å². The van der Waals surface area contributed by atoms with E-state index >= 15 is 0 Å². The lowest BCUT2D eigenvalue weighted by Crippen LogP contribution is -2.52. The molecule has 0 aromatic heterocycles. The Morgan fingerprint density at radius 1 is 1.23 bits per heavy atom. The van der Waals surface area contributed by atoms with Gasteiger partial charge in [-0.15, -0.1) is 0 Å². The Hall–Kier alpha value is -1.17. The number of rotatable bonds is 7. The van der Waals surface area contributed by atoms with Gasteiger partial charge in [0.05, 0.1) is 11.7 Å². The second-order valence-corrected chi connectivity index (χ2v) is 8.94. The molecule has 0 heterocycles. The Morgan fingerprint density at radius 3 is 2.32 bits per heavy atom. The van der Waals surface area contributed by atoms with Crippen LogP contribution in [0.4, 0.5) is 0 Å². The minimum absolute atomic E-state index is 0.247. The average molecular weight is 323 g/mol. The van der Waals surface area contributed by atoms with Crippen LogP contribution in [0.5, 0.6) is 0 Å². The van der Waals surface area contributed by atoms with E-state index in [1.54, 1.807) is 0 Å². The summed E-state index contributed by atoms with van der Waals surface area (Å²) in [5.41, 5.74) is 0.686. The molecule has 1 rings (SSSR count). The molecule has 4 nitrogen and oxygen atoms in total. The summed E-state index contributed by atoms with van der Waals surface area (Å²) in [5.74, 6) is -0.258. The lowest BCUT2D eigenvalue weighted by molar-refractivity contribution is -0.154. The maximum absolute atomic E-state index is 12.4. The van der Waals surface area contributed by atoms with E-state index in [2.05, 4.69) is 18.1 Å². The van der Waals surface area contributed by atoms with Crippen molar-refractivity contribution in [1.82, 2.24) is 4.98 Å². The molecule has 1 radical (unpaired) electrons. The maximum Gasteiger partial charge on any atom is 0.325 e. The van der Waals surface area contributed by atoms with Gasteiger partial charge in [0, 0.05) is 0 Å². The SMILES string of the molecule is C[C@H](OC(C)(C)C)[C@@H](N[Si](C)C)C(=O)OCc1ccccc1. The fourth-order valence-electron chi connectivity index (χ4n) is 2.12. The van der Waals surface area contributed by atoms with Gasteiger partial charge in [0.2, 0.25) is 0 Å². The maximum atomic E-state index is 12.4. The van der Waals surface area contributed by atoms with E-state index in [-0.39, 0.29) is 24.3 Å². The van der Waals surface area contributed by atoms with Gasteiger partial charge < -0.3 is 14.5 Å². The molecule has 1 aromatic rings. The van der Waals surface area contributed by atoms with Gasteiger partial charge in [-0.05, 0) is 33.3 Å². The van der Waals surface area contributed by atoms with Gasteiger partial charge in [-0.25, -0.2) is 0 Å². The minimum Gasteiger partial charge on any atom is -0.460 e. The van der Waals surface area contributed by atoms with Crippen LogP contribution in [-0.4, -0.2) is 32.7 Å². The Balaban J connectivity index is 2.67. The molecule has 0 amide bonds. The van der Waals surface area contributed by atoms with Crippen molar-refractivity contribution in [2.24, 2.45) is 0 Å². The Morgan fingerprint density at radius 2 is 1.82 bits per heavy atom. The van der Waals surface area contributed by atoms with Gasteiger partial charge in [-0.1, -0.05) is 43.4 Å². The molecule has 0 saturated heterocycles. The molecule has 0 spiro atoms. The summed E-state index contributed by atoms with van der Waals surface area (Å²) in [6.07, 6.45) is -0.247. The summed E-state index contributed by atoms with van der Waals surface area (Å²) >= 11 is 0. The zero-order valence-electron chi connectivity index (χ0n) is 14.5. The first-order valence-electron chi connectivity index (χ1n) is 7.64. The van der Waals surface area contributed by atoms with E-state index in [1.807, 2.05) is 58.0 Å². The Kier molecular flexibility index (Phi) is 7.26. The van der Waals surface area contributed by atoms with Crippen molar-refractivity contribution in [2.75, 3.05) is 0 Å². The van der Waals surface area contributed by atoms with Crippen LogP contribution in [-0.2, 0) is 20.9 Å². The largest absolute Gasteiger partial charge is 0.460 e. The number of nitrogens with one attached hydrogen (secondary N) is 1. The van der Waals surface area contributed by atoms with E-state index in [9.17, 15) is 4.79 Å². The number of hydrogen-bond acceptors (Lipinski definition) is 4. The molecule has 0 saturated carbocycles. The zero-order valence-corrected chi connectivity index (χ0v) is 15.5. The van der Waals surface area contributed by atoms with Gasteiger partial charge >= 0.3 is 5.97 Å². The summed E-state index contributed by atoms with van der Waals surface area (Å²) in [7, 11) is -0.790. The quantitative estimate of drug-likeness (QED) is 0.619. The van der Waals surface area contributed by atoms with Gasteiger partial charge in [0.1, 0.15) is 21.6 Å². The van der Waals surface area contributed by atoms with Crippen LogP contribution in [0.1, 0.15) is 33.3 Å².